The molecule has 1 amide bonds. The van der Waals surface area contributed by atoms with Crippen LogP contribution in [0.15, 0.2) is 30.3 Å². The van der Waals surface area contributed by atoms with E-state index in [1.807, 2.05) is 33.9 Å². The number of alkyl halides is 3. The first-order chi connectivity index (χ1) is 11.3. The highest BCUT2D eigenvalue weighted by molar-refractivity contribution is 6.74. The third kappa shape index (κ3) is 4.26. The molecule has 0 spiro atoms. The lowest BCUT2D eigenvalue weighted by Gasteiger charge is -2.49. The van der Waals surface area contributed by atoms with E-state index in [1.165, 1.54) is 0 Å². The molecule has 0 N–H and O–H groups in total. The first kappa shape index (κ1) is 20.0. The monoisotopic (exact) mass is 373 g/mol. The molecule has 140 valence electrons. The molecule has 25 heavy (non-hydrogen) atoms. The number of benzene rings is 1. The van der Waals surface area contributed by atoms with E-state index in [1.54, 1.807) is 30.3 Å². The van der Waals surface area contributed by atoms with E-state index in [0.29, 0.717) is 5.56 Å². The Kier molecular flexibility index (Phi) is 5.40. The minimum absolute atomic E-state index is 0.0273. The van der Waals surface area contributed by atoms with Crippen LogP contribution in [0.5, 0.6) is 0 Å². The topological polar surface area (TPSA) is 29.5 Å². The summed E-state index contributed by atoms with van der Waals surface area (Å²) < 4.78 is 46.4. The largest absolute Gasteiger partial charge is 0.416 e. The van der Waals surface area contributed by atoms with E-state index in [4.69, 9.17) is 4.43 Å². The fourth-order valence-electron chi connectivity index (χ4n) is 2.66. The van der Waals surface area contributed by atoms with Gasteiger partial charge in [0.1, 0.15) is 6.04 Å². The number of hydrogen-bond donors (Lipinski definition) is 0. The fraction of sp³-hybridized carbons (Fsp3) is 0.611. The highest BCUT2D eigenvalue weighted by Gasteiger charge is 2.60. The van der Waals surface area contributed by atoms with Crippen LogP contribution in [0.25, 0.3) is 0 Å². The van der Waals surface area contributed by atoms with E-state index in [0.717, 1.165) is 4.90 Å². The van der Waals surface area contributed by atoms with Crippen LogP contribution >= 0.6 is 0 Å². The second kappa shape index (κ2) is 6.76. The lowest BCUT2D eigenvalue weighted by atomic mass is 9.87. The van der Waals surface area contributed by atoms with Gasteiger partial charge in [0.2, 0.25) is 5.91 Å². The number of carbonyl (C=O) groups is 1. The zero-order valence-corrected chi connectivity index (χ0v) is 16.4. The average Bonchev–Trinajstić information content (AvgIpc) is 2.47. The zero-order chi connectivity index (χ0) is 19.0. The average molecular weight is 373 g/mol. The van der Waals surface area contributed by atoms with Gasteiger partial charge in [0.05, 0.1) is 5.92 Å². The smallest absolute Gasteiger partial charge is 0.409 e. The number of β-lactam (4-membered cyclic amide) rings is 1. The molecular weight excluding hydrogens is 347 g/mol. The lowest BCUT2D eigenvalue weighted by molar-refractivity contribution is -0.235. The molecule has 7 heteroatoms. The molecule has 1 saturated heterocycles. The molecule has 0 aromatic heterocycles. The summed E-state index contributed by atoms with van der Waals surface area (Å²) in [5.41, 5.74) is 0.689. The maximum Gasteiger partial charge on any atom is 0.409 e. The Morgan fingerprint density at radius 2 is 1.68 bits per heavy atom. The number of halogens is 3. The van der Waals surface area contributed by atoms with E-state index in [2.05, 4.69) is 0 Å². The molecule has 0 aliphatic carbocycles. The molecular formula is C18H26F3NO2Si. The van der Waals surface area contributed by atoms with Crippen LogP contribution < -0.4 is 0 Å². The Hall–Kier alpha value is -1.34. The Bertz CT molecular complexity index is 611. The third-order valence-corrected chi connectivity index (χ3v) is 9.78. The maximum absolute atomic E-state index is 13.5. The van der Waals surface area contributed by atoms with Crippen molar-refractivity contribution in [3.05, 3.63) is 35.9 Å². The van der Waals surface area contributed by atoms with Crippen LogP contribution in [0.4, 0.5) is 13.2 Å². The molecule has 0 radical (unpaired) electrons. The Labute approximate surface area is 148 Å². The van der Waals surface area contributed by atoms with Gasteiger partial charge < -0.3 is 9.33 Å². The molecule has 1 aliphatic heterocycles. The SMILES string of the molecule is CC(C)(C)[Si](C)(C)OC[C@@H]1C(=O)N(Cc2ccccc2)[C@@H]1C(F)(F)F. The molecule has 0 unspecified atom stereocenters. The van der Waals surface area contributed by atoms with Crippen molar-refractivity contribution in [2.75, 3.05) is 6.61 Å². The van der Waals surface area contributed by atoms with Gasteiger partial charge in [-0.2, -0.15) is 13.2 Å². The Balaban J connectivity index is 2.10. The molecule has 1 aromatic rings. The first-order valence-corrected chi connectivity index (χ1v) is 11.3. The van der Waals surface area contributed by atoms with Gasteiger partial charge in [-0.15, -0.1) is 0 Å². The van der Waals surface area contributed by atoms with Gasteiger partial charge in [-0.3, -0.25) is 4.79 Å². The number of nitrogens with zero attached hydrogens (tertiary/aromatic N) is 1. The lowest BCUT2D eigenvalue weighted by Crippen LogP contribution is -2.68. The molecule has 1 heterocycles. The van der Waals surface area contributed by atoms with Crippen molar-refractivity contribution in [3.8, 4) is 0 Å². The van der Waals surface area contributed by atoms with Crippen LogP contribution in [0.2, 0.25) is 18.1 Å². The van der Waals surface area contributed by atoms with Gasteiger partial charge in [-0.05, 0) is 23.7 Å². The second-order valence-corrected chi connectivity index (χ2v) is 12.9. The van der Waals surface area contributed by atoms with E-state index in [-0.39, 0.29) is 18.2 Å². The van der Waals surface area contributed by atoms with Gasteiger partial charge in [0.25, 0.3) is 0 Å². The van der Waals surface area contributed by atoms with Crippen molar-refractivity contribution in [2.45, 2.75) is 57.7 Å². The van der Waals surface area contributed by atoms with Crippen molar-refractivity contribution in [1.29, 1.82) is 0 Å². The van der Waals surface area contributed by atoms with Crippen LogP contribution in [0.1, 0.15) is 26.3 Å². The zero-order valence-electron chi connectivity index (χ0n) is 15.4. The van der Waals surface area contributed by atoms with Gasteiger partial charge >= 0.3 is 6.18 Å². The molecule has 0 saturated carbocycles. The summed E-state index contributed by atoms with van der Waals surface area (Å²) in [7, 11) is -2.20. The Morgan fingerprint density at radius 1 is 1.12 bits per heavy atom. The Morgan fingerprint density at radius 3 is 2.16 bits per heavy atom. The molecule has 2 atom stereocenters. The summed E-state index contributed by atoms with van der Waals surface area (Å²) >= 11 is 0. The summed E-state index contributed by atoms with van der Waals surface area (Å²) in [5, 5.41) is -0.114. The molecule has 1 fully saturated rings. The fourth-order valence-corrected chi connectivity index (χ4v) is 3.69. The van der Waals surface area contributed by atoms with Crippen LogP contribution in [-0.4, -0.2) is 37.9 Å². The first-order valence-electron chi connectivity index (χ1n) is 8.40. The minimum atomic E-state index is -4.45. The van der Waals surface area contributed by atoms with Crippen molar-refractivity contribution in [3.63, 3.8) is 0 Å². The number of hydrogen-bond acceptors (Lipinski definition) is 2. The van der Waals surface area contributed by atoms with Crippen LogP contribution in [-0.2, 0) is 15.8 Å². The normalized spacial score (nSPS) is 22.1. The minimum Gasteiger partial charge on any atom is -0.416 e. The van der Waals surface area contributed by atoms with E-state index in [9.17, 15) is 18.0 Å². The quantitative estimate of drug-likeness (QED) is 0.558. The van der Waals surface area contributed by atoms with Gasteiger partial charge in [0, 0.05) is 13.2 Å². The number of likely N-dealkylation sites (tertiary alicyclic amines) is 1. The summed E-state index contributed by atoms with van der Waals surface area (Å²) in [4.78, 5) is 13.3. The number of carbonyl (C=O) groups excluding carboxylic acids is 1. The van der Waals surface area contributed by atoms with E-state index >= 15 is 0 Å². The predicted molar refractivity (Wildman–Crippen MR) is 93.5 cm³/mol. The molecule has 1 aliphatic rings. The summed E-state index contributed by atoms with van der Waals surface area (Å²) in [6.07, 6.45) is -4.45. The van der Waals surface area contributed by atoms with Crippen molar-refractivity contribution in [1.82, 2.24) is 4.90 Å². The molecule has 1 aromatic carbocycles. The highest BCUT2D eigenvalue weighted by Crippen LogP contribution is 2.42. The molecule has 3 nitrogen and oxygen atoms in total. The standard InChI is InChI=1S/C18H26F3NO2Si/c1-17(2,3)25(4,5)24-12-14-15(18(19,20)21)22(16(14)23)11-13-9-7-6-8-10-13/h6-10,14-15H,11-12H2,1-5H3/t14-,15-/m0/s1. The maximum atomic E-state index is 13.5. The third-order valence-electron chi connectivity index (χ3n) is 5.28. The number of rotatable bonds is 5. The van der Waals surface area contributed by atoms with Gasteiger partial charge in [0.15, 0.2) is 8.32 Å². The van der Waals surface area contributed by atoms with Crippen molar-refractivity contribution < 1.29 is 22.4 Å². The summed E-state index contributed by atoms with van der Waals surface area (Å²) in [5.74, 6) is -1.62. The van der Waals surface area contributed by atoms with Crippen molar-refractivity contribution >= 4 is 14.2 Å². The highest BCUT2D eigenvalue weighted by atomic mass is 28.4. The summed E-state index contributed by atoms with van der Waals surface area (Å²) in [6.45, 7) is 9.81. The summed E-state index contributed by atoms with van der Waals surface area (Å²) in [6, 6.07) is 6.96. The molecule has 2 rings (SSSR count). The molecule has 0 bridgehead atoms. The van der Waals surface area contributed by atoms with Crippen LogP contribution in [0, 0.1) is 5.92 Å². The second-order valence-electron chi connectivity index (χ2n) is 8.12. The van der Waals surface area contributed by atoms with Gasteiger partial charge in [-0.1, -0.05) is 51.1 Å². The number of amides is 1. The predicted octanol–water partition coefficient (Wildman–Crippen LogP) is 4.60. The van der Waals surface area contributed by atoms with Crippen molar-refractivity contribution in [2.24, 2.45) is 5.92 Å². The van der Waals surface area contributed by atoms with Gasteiger partial charge in [-0.25, -0.2) is 0 Å². The van der Waals surface area contributed by atoms with Crippen LogP contribution in [0.3, 0.4) is 0 Å². The van der Waals surface area contributed by atoms with E-state index < -0.39 is 32.4 Å².